The normalized spacial score (nSPS) is 11.6. The second-order valence-electron chi connectivity index (χ2n) is 7.39. The molecule has 2 aromatic carbocycles. The zero-order chi connectivity index (χ0) is 24.3. The van der Waals surface area contributed by atoms with Crippen LogP contribution in [-0.2, 0) is 17.5 Å². The first-order valence-corrected chi connectivity index (χ1v) is 10.6. The minimum absolute atomic E-state index is 0.0168. The fourth-order valence-electron chi connectivity index (χ4n) is 3.36. The van der Waals surface area contributed by atoms with E-state index in [2.05, 4.69) is 10.3 Å². The van der Waals surface area contributed by atoms with Gasteiger partial charge in [-0.3, -0.25) is 4.79 Å². The smallest absolute Gasteiger partial charge is 0.417 e. The van der Waals surface area contributed by atoms with Crippen molar-refractivity contribution in [3.63, 3.8) is 0 Å². The van der Waals surface area contributed by atoms with E-state index in [1.54, 1.807) is 24.3 Å². The second kappa shape index (κ2) is 9.72. The van der Waals surface area contributed by atoms with Crippen LogP contribution in [0.2, 0.25) is 5.02 Å². The fourth-order valence-corrected chi connectivity index (χ4v) is 3.54. The number of hydrogen-bond donors (Lipinski definition) is 1. The molecule has 0 bridgehead atoms. The molecule has 4 rings (SSSR count). The maximum Gasteiger partial charge on any atom is 0.417 e. The summed E-state index contributed by atoms with van der Waals surface area (Å²) in [5.41, 5.74) is 0.588. The van der Waals surface area contributed by atoms with Crippen LogP contribution < -0.4 is 10.1 Å². The molecule has 0 saturated carbocycles. The molecule has 2 aromatic heterocycles. The molecule has 5 nitrogen and oxygen atoms in total. The number of carbonyl (C=O) groups is 1. The molecule has 4 aromatic rings. The first-order chi connectivity index (χ1) is 16.2. The number of imidazole rings is 1. The Balaban J connectivity index is 1.54. The number of ether oxygens (including phenoxy) is 1. The zero-order valence-electron chi connectivity index (χ0n) is 17.6. The molecule has 0 aliphatic carbocycles. The Kier molecular flexibility index (Phi) is 6.74. The third-order valence-corrected chi connectivity index (χ3v) is 5.24. The number of aromatic nitrogens is 2. The van der Waals surface area contributed by atoms with Gasteiger partial charge in [0, 0.05) is 16.8 Å². The van der Waals surface area contributed by atoms with Gasteiger partial charge in [0.2, 0.25) is 5.91 Å². The first kappa shape index (κ1) is 23.6. The van der Waals surface area contributed by atoms with Gasteiger partial charge in [0.1, 0.15) is 17.2 Å². The lowest BCUT2D eigenvalue weighted by atomic mass is 10.1. The Morgan fingerprint density at radius 2 is 1.85 bits per heavy atom. The van der Waals surface area contributed by atoms with E-state index in [4.69, 9.17) is 16.3 Å². The summed E-state index contributed by atoms with van der Waals surface area (Å²) in [7, 11) is 0. The number of amides is 1. The zero-order valence-corrected chi connectivity index (χ0v) is 18.3. The van der Waals surface area contributed by atoms with Crippen LogP contribution in [0.25, 0.3) is 16.9 Å². The van der Waals surface area contributed by atoms with Crippen LogP contribution in [-0.4, -0.2) is 21.9 Å². The van der Waals surface area contributed by atoms with E-state index in [0.29, 0.717) is 27.7 Å². The molecular formula is C24H18ClF4N3O2. The Morgan fingerprint density at radius 1 is 1.09 bits per heavy atom. The average molecular weight is 492 g/mol. The molecule has 0 radical (unpaired) electrons. The van der Waals surface area contributed by atoms with Crippen LogP contribution in [0.3, 0.4) is 0 Å². The number of nitrogens with one attached hydrogen (secondary N) is 1. The Morgan fingerprint density at radius 3 is 2.56 bits per heavy atom. The van der Waals surface area contributed by atoms with Crippen molar-refractivity contribution >= 4 is 23.2 Å². The maximum absolute atomic E-state index is 13.4. The maximum atomic E-state index is 13.4. The summed E-state index contributed by atoms with van der Waals surface area (Å²) in [5, 5.41) is 3.19. The number of benzene rings is 2. The number of alkyl halides is 3. The Bertz CT molecular complexity index is 1320. The average Bonchev–Trinajstić information content (AvgIpc) is 3.15. The molecule has 0 spiro atoms. The summed E-state index contributed by atoms with van der Waals surface area (Å²) in [6, 6.07) is 14.3. The fraction of sp³-hybridized carbons (Fsp3) is 0.167. The highest BCUT2D eigenvalue weighted by atomic mass is 35.5. The predicted octanol–water partition coefficient (Wildman–Crippen LogP) is 5.90. The van der Waals surface area contributed by atoms with Gasteiger partial charge in [-0.1, -0.05) is 17.7 Å². The van der Waals surface area contributed by atoms with Crippen molar-refractivity contribution in [2.75, 3.05) is 6.61 Å². The van der Waals surface area contributed by atoms with Crippen LogP contribution in [0, 0.1) is 5.82 Å². The Labute approximate surface area is 196 Å². The van der Waals surface area contributed by atoms with Gasteiger partial charge in [-0.15, -0.1) is 0 Å². The van der Waals surface area contributed by atoms with Crippen LogP contribution >= 0.6 is 11.6 Å². The van der Waals surface area contributed by atoms with Gasteiger partial charge >= 0.3 is 6.18 Å². The quantitative estimate of drug-likeness (QED) is 0.328. The standard InChI is InChI=1S/C24H18ClF4N3O2/c25-17-2-1-3-19(12-17)34-11-10-22(33)30-13-20-23(15-4-7-18(26)8-5-15)31-21-9-6-16(14-32(20)21)24(27,28)29/h1-9,12,14H,10-11,13H2,(H,30,33). The minimum Gasteiger partial charge on any atom is -0.493 e. The molecule has 0 aliphatic heterocycles. The minimum atomic E-state index is -4.55. The number of fused-ring (bicyclic) bond motifs is 1. The van der Waals surface area contributed by atoms with Gasteiger partial charge < -0.3 is 14.5 Å². The van der Waals surface area contributed by atoms with Crippen molar-refractivity contribution in [2.24, 2.45) is 0 Å². The molecule has 34 heavy (non-hydrogen) atoms. The number of pyridine rings is 1. The van der Waals surface area contributed by atoms with E-state index in [9.17, 15) is 22.4 Å². The molecule has 1 amide bonds. The first-order valence-electron chi connectivity index (χ1n) is 10.2. The van der Waals surface area contributed by atoms with E-state index in [1.807, 2.05) is 0 Å². The van der Waals surface area contributed by atoms with Gasteiger partial charge in [-0.2, -0.15) is 13.2 Å². The largest absolute Gasteiger partial charge is 0.493 e. The van der Waals surface area contributed by atoms with Crippen LogP contribution in [0.5, 0.6) is 5.75 Å². The molecule has 0 fully saturated rings. The molecule has 176 valence electrons. The van der Waals surface area contributed by atoms with Crippen LogP contribution in [0.1, 0.15) is 17.7 Å². The predicted molar refractivity (Wildman–Crippen MR) is 119 cm³/mol. The number of rotatable bonds is 7. The molecule has 0 unspecified atom stereocenters. The lowest BCUT2D eigenvalue weighted by molar-refractivity contribution is -0.137. The van der Waals surface area contributed by atoms with Crippen molar-refractivity contribution in [2.45, 2.75) is 19.1 Å². The van der Waals surface area contributed by atoms with Gasteiger partial charge in [0.25, 0.3) is 0 Å². The topological polar surface area (TPSA) is 55.6 Å². The third kappa shape index (κ3) is 5.48. The van der Waals surface area contributed by atoms with Crippen molar-refractivity contribution < 1.29 is 27.1 Å². The summed E-state index contributed by atoms with van der Waals surface area (Å²) >= 11 is 5.90. The van der Waals surface area contributed by atoms with Crippen molar-refractivity contribution in [1.29, 1.82) is 0 Å². The van der Waals surface area contributed by atoms with E-state index < -0.39 is 17.6 Å². The Hall–Kier alpha value is -3.59. The summed E-state index contributed by atoms with van der Waals surface area (Å²) in [4.78, 5) is 16.8. The monoisotopic (exact) mass is 491 g/mol. The number of nitrogens with zero attached hydrogens (tertiary/aromatic N) is 2. The van der Waals surface area contributed by atoms with Gasteiger partial charge in [0.05, 0.1) is 36.5 Å². The highest BCUT2D eigenvalue weighted by Crippen LogP contribution is 2.31. The van der Waals surface area contributed by atoms with Gasteiger partial charge in [-0.25, -0.2) is 9.37 Å². The van der Waals surface area contributed by atoms with Crippen molar-refractivity contribution in [3.05, 3.63) is 89.0 Å². The van der Waals surface area contributed by atoms with Crippen molar-refractivity contribution in [3.8, 4) is 17.0 Å². The van der Waals surface area contributed by atoms with Crippen LogP contribution in [0.4, 0.5) is 17.6 Å². The lowest BCUT2D eigenvalue weighted by Gasteiger charge is -2.11. The highest BCUT2D eigenvalue weighted by Gasteiger charge is 2.31. The SMILES string of the molecule is O=C(CCOc1cccc(Cl)c1)NCc1c(-c2ccc(F)cc2)nc2ccc(C(F)(F)F)cn12. The summed E-state index contributed by atoms with van der Waals surface area (Å²) in [6.07, 6.45) is -3.60. The summed E-state index contributed by atoms with van der Waals surface area (Å²) in [6.45, 7) is -0.00639. The molecule has 2 heterocycles. The molecule has 0 aliphatic rings. The molecule has 1 N–H and O–H groups in total. The number of carbonyl (C=O) groups excluding carboxylic acids is 1. The molecular weight excluding hydrogens is 474 g/mol. The van der Waals surface area contributed by atoms with E-state index in [0.717, 1.165) is 12.3 Å². The van der Waals surface area contributed by atoms with E-state index in [-0.39, 0.29) is 31.1 Å². The number of halogens is 5. The highest BCUT2D eigenvalue weighted by molar-refractivity contribution is 6.30. The van der Waals surface area contributed by atoms with E-state index in [1.165, 1.54) is 34.7 Å². The van der Waals surface area contributed by atoms with Crippen molar-refractivity contribution in [1.82, 2.24) is 14.7 Å². The van der Waals surface area contributed by atoms with E-state index >= 15 is 0 Å². The molecule has 0 atom stereocenters. The molecule has 0 saturated heterocycles. The summed E-state index contributed by atoms with van der Waals surface area (Å²) < 4.78 is 60.0. The second-order valence-corrected chi connectivity index (χ2v) is 7.83. The third-order valence-electron chi connectivity index (χ3n) is 5.01. The van der Waals surface area contributed by atoms with Crippen LogP contribution in [0.15, 0.2) is 66.9 Å². The van der Waals surface area contributed by atoms with Gasteiger partial charge in [-0.05, 0) is 54.6 Å². The summed E-state index contributed by atoms with van der Waals surface area (Å²) in [5.74, 6) is -0.309. The van der Waals surface area contributed by atoms with Gasteiger partial charge in [0.15, 0.2) is 0 Å². The number of hydrogen-bond acceptors (Lipinski definition) is 3. The molecule has 10 heteroatoms. The lowest BCUT2D eigenvalue weighted by Crippen LogP contribution is -2.25.